The van der Waals surface area contributed by atoms with Crippen molar-refractivity contribution in [3.8, 4) is 0 Å². The van der Waals surface area contributed by atoms with E-state index in [1.165, 1.54) is 12.6 Å². The molecular weight excluding hydrogens is 186 g/mol. The fourth-order valence-corrected chi connectivity index (χ4v) is 1.10. The minimum atomic E-state index is 0.513. The molecule has 1 aliphatic rings. The standard InChI is InChI=1S/C13H13NO/c1-5-11-8-13(11)12(6-2)10(4)15-9-14-7-3/h5-9H,1-4H2/b13-12-,14-9?. The van der Waals surface area contributed by atoms with Gasteiger partial charge in [0.25, 0.3) is 0 Å². The zero-order valence-electron chi connectivity index (χ0n) is 8.57. The zero-order chi connectivity index (χ0) is 11.3. The van der Waals surface area contributed by atoms with Crippen LogP contribution in [0.25, 0.3) is 0 Å². The van der Waals surface area contributed by atoms with E-state index in [-0.39, 0.29) is 0 Å². The van der Waals surface area contributed by atoms with Crippen LogP contribution in [-0.4, -0.2) is 6.40 Å². The molecule has 0 N–H and O–H groups in total. The maximum absolute atomic E-state index is 5.18. The third-order valence-corrected chi connectivity index (χ3v) is 1.90. The summed E-state index contributed by atoms with van der Waals surface area (Å²) in [6.07, 6.45) is 8.15. The van der Waals surface area contributed by atoms with E-state index in [0.29, 0.717) is 5.76 Å². The van der Waals surface area contributed by atoms with Crippen LogP contribution in [0.5, 0.6) is 0 Å². The lowest BCUT2D eigenvalue weighted by molar-refractivity contribution is 0.451. The van der Waals surface area contributed by atoms with E-state index in [9.17, 15) is 0 Å². The van der Waals surface area contributed by atoms with Gasteiger partial charge in [0, 0.05) is 11.8 Å². The minimum absolute atomic E-state index is 0.513. The second-order valence-electron chi connectivity index (χ2n) is 2.81. The number of ether oxygens (including phenoxy) is 1. The first-order valence-corrected chi connectivity index (χ1v) is 4.44. The predicted octanol–water partition coefficient (Wildman–Crippen LogP) is 3.30. The quantitative estimate of drug-likeness (QED) is 0.365. The highest BCUT2D eigenvalue weighted by Crippen LogP contribution is 2.34. The van der Waals surface area contributed by atoms with Crippen LogP contribution in [0.2, 0.25) is 0 Å². The zero-order valence-corrected chi connectivity index (χ0v) is 8.57. The van der Waals surface area contributed by atoms with Gasteiger partial charge in [-0.15, -0.1) is 0 Å². The molecule has 0 aliphatic heterocycles. The summed E-state index contributed by atoms with van der Waals surface area (Å²) < 4.78 is 5.18. The third-order valence-electron chi connectivity index (χ3n) is 1.90. The Balaban J connectivity index is 2.70. The van der Waals surface area contributed by atoms with Crippen LogP contribution < -0.4 is 0 Å². The fourth-order valence-electron chi connectivity index (χ4n) is 1.10. The van der Waals surface area contributed by atoms with Crippen molar-refractivity contribution in [2.24, 2.45) is 4.99 Å². The van der Waals surface area contributed by atoms with Crippen molar-refractivity contribution in [3.63, 3.8) is 0 Å². The number of rotatable bonds is 6. The van der Waals surface area contributed by atoms with Gasteiger partial charge in [-0.05, 0) is 17.2 Å². The van der Waals surface area contributed by atoms with Crippen LogP contribution in [0, 0.1) is 0 Å². The molecule has 2 nitrogen and oxygen atoms in total. The summed E-state index contributed by atoms with van der Waals surface area (Å²) in [7, 11) is 0. The second kappa shape index (κ2) is 4.96. The van der Waals surface area contributed by atoms with Crippen molar-refractivity contribution in [1.29, 1.82) is 0 Å². The molecule has 0 atom stereocenters. The van der Waals surface area contributed by atoms with Crippen LogP contribution in [0.15, 0.2) is 78.2 Å². The van der Waals surface area contributed by atoms with E-state index in [1.54, 1.807) is 12.2 Å². The Morgan fingerprint density at radius 3 is 2.53 bits per heavy atom. The van der Waals surface area contributed by atoms with Gasteiger partial charge in [-0.1, -0.05) is 38.5 Å². The smallest absolute Gasteiger partial charge is 0.181 e. The van der Waals surface area contributed by atoms with Crippen LogP contribution in [0.1, 0.15) is 0 Å². The maximum atomic E-state index is 5.18. The normalized spacial score (nSPS) is 16.7. The molecular formula is C13H13NO. The lowest BCUT2D eigenvalue weighted by Crippen LogP contribution is -1.91. The molecule has 0 aromatic carbocycles. The third kappa shape index (κ3) is 2.68. The molecule has 1 aliphatic carbocycles. The van der Waals surface area contributed by atoms with Gasteiger partial charge in [-0.3, -0.25) is 0 Å². The largest absolute Gasteiger partial charge is 0.446 e. The van der Waals surface area contributed by atoms with Crippen molar-refractivity contribution >= 4 is 6.40 Å². The Bertz CT molecular complexity index is 408. The Hall–Kier alpha value is -2.09. The minimum Gasteiger partial charge on any atom is -0.446 e. The van der Waals surface area contributed by atoms with Crippen molar-refractivity contribution in [3.05, 3.63) is 73.2 Å². The van der Waals surface area contributed by atoms with Gasteiger partial charge < -0.3 is 4.74 Å². The summed E-state index contributed by atoms with van der Waals surface area (Å²) >= 11 is 0. The molecule has 0 radical (unpaired) electrons. The first-order valence-electron chi connectivity index (χ1n) is 4.44. The average molecular weight is 199 g/mol. The molecule has 0 amide bonds. The number of hydrogen-bond donors (Lipinski definition) is 0. The van der Waals surface area contributed by atoms with Gasteiger partial charge in [0.1, 0.15) is 5.76 Å². The van der Waals surface area contributed by atoms with E-state index in [2.05, 4.69) is 31.3 Å². The highest BCUT2D eigenvalue weighted by atomic mass is 16.5. The molecule has 0 saturated carbocycles. The van der Waals surface area contributed by atoms with Gasteiger partial charge in [0.05, 0.1) is 0 Å². The number of nitrogens with zero attached hydrogens (tertiary/aromatic N) is 1. The molecule has 1 rings (SSSR count). The topological polar surface area (TPSA) is 21.6 Å². The Labute approximate surface area is 90.0 Å². The van der Waals surface area contributed by atoms with Gasteiger partial charge >= 0.3 is 0 Å². The van der Waals surface area contributed by atoms with Gasteiger partial charge in [-0.2, -0.15) is 0 Å². The number of hydrogen-bond acceptors (Lipinski definition) is 2. The van der Waals surface area contributed by atoms with Gasteiger partial charge in [-0.25, -0.2) is 4.99 Å². The van der Waals surface area contributed by atoms with Crippen LogP contribution in [0.3, 0.4) is 0 Å². The summed E-state index contributed by atoms with van der Waals surface area (Å²) in [6, 6.07) is 0. The summed E-state index contributed by atoms with van der Waals surface area (Å²) in [6.45, 7) is 14.6. The van der Waals surface area contributed by atoms with E-state index < -0.39 is 0 Å². The molecule has 0 fully saturated rings. The number of allylic oxidation sites excluding steroid dienone is 5. The molecule has 2 heteroatoms. The predicted molar refractivity (Wildman–Crippen MR) is 64.4 cm³/mol. The van der Waals surface area contributed by atoms with Crippen LogP contribution in [-0.2, 0) is 4.74 Å². The molecule has 0 unspecified atom stereocenters. The molecule has 0 heterocycles. The lowest BCUT2D eigenvalue weighted by Gasteiger charge is -2.03. The molecule has 0 spiro atoms. The fraction of sp³-hybridized carbons (Fsp3) is 0. The molecule has 76 valence electrons. The van der Waals surface area contributed by atoms with Crippen molar-refractivity contribution in [1.82, 2.24) is 0 Å². The van der Waals surface area contributed by atoms with E-state index in [0.717, 1.165) is 16.7 Å². The summed E-state index contributed by atoms with van der Waals surface area (Å²) in [5, 5.41) is 0. The molecule has 0 aromatic heterocycles. The SMILES string of the molecule is C=CN=COC(=C)/C(C=C)=C1C=C/1C=C. The first kappa shape index (κ1) is 11.0. The molecule has 15 heavy (non-hydrogen) atoms. The molecule has 0 aromatic rings. The summed E-state index contributed by atoms with van der Waals surface area (Å²) in [5.74, 6) is 0.513. The van der Waals surface area contributed by atoms with Gasteiger partial charge in [0.2, 0.25) is 0 Å². The van der Waals surface area contributed by atoms with E-state index in [1.807, 2.05) is 6.08 Å². The summed E-state index contributed by atoms with van der Waals surface area (Å²) in [4.78, 5) is 3.71. The first-order chi connectivity index (χ1) is 7.24. The summed E-state index contributed by atoms with van der Waals surface area (Å²) in [5.41, 5.74) is 3.02. The Morgan fingerprint density at radius 2 is 2.07 bits per heavy atom. The van der Waals surface area contributed by atoms with Crippen molar-refractivity contribution < 1.29 is 4.74 Å². The van der Waals surface area contributed by atoms with Crippen molar-refractivity contribution in [2.75, 3.05) is 0 Å². The van der Waals surface area contributed by atoms with Crippen LogP contribution in [0.4, 0.5) is 0 Å². The Morgan fingerprint density at radius 1 is 1.33 bits per heavy atom. The maximum Gasteiger partial charge on any atom is 0.181 e. The molecule has 0 saturated heterocycles. The van der Waals surface area contributed by atoms with Crippen molar-refractivity contribution in [2.45, 2.75) is 0 Å². The van der Waals surface area contributed by atoms with Crippen LogP contribution >= 0.6 is 0 Å². The lowest BCUT2D eigenvalue weighted by atomic mass is 10.1. The average Bonchev–Trinajstić information content (AvgIpc) is 2.99. The van der Waals surface area contributed by atoms with E-state index >= 15 is 0 Å². The van der Waals surface area contributed by atoms with E-state index in [4.69, 9.17) is 4.74 Å². The highest BCUT2D eigenvalue weighted by Gasteiger charge is 2.18. The highest BCUT2D eigenvalue weighted by molar-refractivity contribution is 5.69. The number of aliphatic imine (C=N–C) groups is 1. The van der Waals surface area contributed by atoms with Gasteiger partial charge in [0.15, 0.2) is 6.40 Å². The molecule has 0 bridgehead atoms. The Kier molecular flexibility index (Phi) is 3.63. The second-order valence-corrected chi connectivity index (χ2v) is 2.81. The monoisotopic (exact) mass is 199 g/mol.